The number of hydrogen-bond acceptors (Lipinski definition) is 3. The minimum Gasteiger partial charge on any atom is -0.373 e. The standard InChI is InChI=1S/C19H18F6N4S/c1-13-9-18(28-29(13)12-15-5-8-19(26-2)27-11-15)17(20)10-14-3-6-16(7-4-14)30(21,22,23,24)25/h3-11H,12H2,1-2H3,(H,26,27). The van der Waals surface area contributed by atoms with E-state index in [1.54, 1.807) is 30.9 Å². The summed E-state index contributed by atoms with van der Waals surface area (Å²) in [7, 11) is -8.01. The summed E-state index contributed by atoms with van der Waals surface area (Å²) < 4.78 is 79.9. The van der Waals surface area contributed by atoms with Crippen LogP contribution in [0.25, 0.3) is 11.9 Å². The first-order chi connectivity index (χ1) is 13.7. The van der Waals surface area contributed by atoms with E-state index in [1.165, 1.54) is 6.07 Å². The first-order valence-corrected chi connectivity index (χ1v) is 10.6. The van der Waals surface area contributed by atoms with Gasteiger partial charge in [-0.3, -0.25) is 4.68 Å². The van der Waals surface area contributed by atoms with E-state index in [0.717, 1.165) is 23.8 Å². The molecule has 0 unspecified atom stereocenters. The Bertz CT molecular complexity index is 1090. The maximum atomic E-state index is 14.5. The molecule has 0 amide bonds. The maximum Gasteiger partial charge on any atom is 0.310 e. The van der Waals surface area contributed by atoms with Gasteiger partial charge in [0.25, 0.3) is 0 Å². The Kier molecular flexibility index (Phi) is 4.93. The molecule has 0 saturated heterocycles. The number of nitrogens with one attached hydrogen (secondary N) is 1. The molecule has 4 nitrogen and oxygen atoms in total. The highest BCUT2D eigenvalue weighted by Crippen LogP contribution is 3.02. The molecule has 0 aliphatic rings. The van der Waals surface area contributed by atoms with Crippen LogP contribution >= 0.6 is 10.2 Å². The van der Waals surface area contributed by atoms with Gasteiger partial charge in [-0.15, -0.1) is 0 Å². The molecule has 3 aromatic rings. The van der Waals surface area contributed by atoms with Gasteiger partial charge in [-0.25, -0.2) is 9.37 Å². The largest absolute Gasteiger partial charge is 0.373 e. The fourth-order valence-electron chi connectivity index (χ4n) is 2.67. The molecular formula is C19H18F6N4S. The Morgan fingerprint density at radius 1 is 1.07 bits per heavy atom. The summed E-state index contributed by atoms with van der Waals surface area (Å²) in [5.41, 5.74) is 1.46. The van der Waals surface area contributed by atoms with Gasteiger partial charge in [0.15, 0.2) is 5.83 Å². The van der Waals surface area contributed by atoms with E-state index in [-0.39, 0.29) is 23.4 Å². The lowest BCUT2D eigenvalue weighted by molar-refractivity contribution is 0.364. The van der Waals surface area contributed by atoms with Crippen LogP contribution in [0.2, 0.25) is 0 Å². The molecule has 2 aromatic heterocycles. The molecule has 0 atom stereocenters. The van der Waals surface area contributed by atoms with Crippen molar-refractivity contribution in [1.29, 1.82) is 0 Å². The number of halogens is 6. The van der Waals surface area contributed by atoms with Crippen LogP contribution in [0.15, 0.2) is 53.6 Å². The van der Waals surface area contributed by atoms with Gasteiger partial charge in [0.05, 0.1) is 6.54 Å². The molecule has 1 N–H and O–H groups in total. The third kappa shape index (κ3) is 5.15. The summed E-state index contributed by atoms with van der Waals surface area (Å²) >= 11 is 0. The summed E-state index contributed by atoms with van der Waals surface area (Å²) in [5, 5.41) is 7.05. The summed E-state index contributed by atoms with van der Waals surface area (Å²) in [6.07, 6.45) is 2.59. The molecule has 30 heavy (non-hydrogen) atoms. The SMILES string of the molecule is CNc1ccc(Cn2nc(C(F)=Cc3ccc(S(F)(F)(F)(F)F)cc3)cc2C)cn1. The highest BCUT2D eigenvalue weighted by Gasteiger charge is 2.65. The fourth-order valence-corrected chi connectivity index (χ4v) is 3.32. The number of pyridine rings is 1. The molecule has 0 saturated carbocycles. The second-order valence-electron chi connectivity index (χ2n) is 6.66. The lowest BCUT2D eigenvalue weighted by atomic mass is 10.2. The van der Waals surface area contributed by atoms with Crippen LogP contribution < -0.4 is 5.32 Å². The van der Waals surface area contributed by atoms with Gasteiger partial charge >= 0.3 is 10.2 Å². The van der Waals surface area contributed by atoms with Crippen molar-refractivity contribution in [3.63, 3.8) is 0 Å². The smallest absolute Gasteiger partial charge is 0.310 e. The Morgan fingerprint density at radius 2 is 1.73 bits per heavy atom. The quantitative estimate of drug-likeness (QED) is 0.422. The topological polar surface area (TPSA) is 42.7 Å². The number of nitrogens with zero attached hydrogens (tertiary/aromatic N) is 3. The molecule has 1 aromatic carbocycles. The van der Waals surface area contributed by atoms with Gasteiger partial charge in [0, 0.05) is 18.9 Å². The second kappa shape index (κ2) is 6.79. The van der Waals surface area contributed by atoms with E-state index in [1.807, 2.05) is 6.07 Å². The number of rotatable bonds is 6. The molecule has 162 valence electrons. The molecular weight excluding hydrogens is 430 g/mol. The summed E-state index contributed by atoms with van der Waals surface area (Å²) in [6.45, 7) is 2.07. The van der Waals surface area contributed by atoms with Crippen molar-refractivity contribution in [3.05, 3.63) is 71.2 Å². The van der Waals surface area contributed by atoms with Crippen molar-refractivity contribution < 1.29 is 23.8 Å². The van der Waals surface area contributed by atoms with Crippen molar-refractivity contribution in [2.24, 2.45) is 0 Å². The second-order valence-corrected chi connectivity index (χ2v) is 9.07. The lowest BCUT2D eigenvalue weighted by Gasteiger charge is -2.40. The molecule has 0 fully saturated rings. The lowest BCUT2D eigenvalue weighted by Crippen LogP contribution is -2.05. The van der Waals surface area contributed by atoms with Crippen molar-refractivity contribution in [3.8, 4) is 0 Å². The predicted octanol–water partition coefficient (Wildman–Crippen LogP) is 6.80. The number of hydrogen-bond donors (Lipinski definition) is 1. The first-order valence-electron chi connectivity index (χ1n) is 8.64. The van der Waals surface area contributed by atoms with Gasteiger partial charge in [-0.05, 0) is 48.4 Å². The molecule has 11 heteroatoms. The van der Waals surface area contributed by atoms with Crippen LogP contribution in [0.4, 0.5) is 29.6 Å². The number of aromatic nitrogens is 3. The molecule has 0 bridgehead atoms. The summed E-state index contributed by atoms with van der Waals surface area (Å²) in [5.74, 6) is -0.109. The Balaban J connectivity index is 1.81. The predicted molar refractivity (Wildman–Crippen MR) is 107 cm³/mol. The van der Waals surface area contributed by atoms with E-state index < -0.39 is 20.9 Å². The zero-order valence-corrected chi connectivity index (χ0v) is 16.7. The van der Waals surface area contributed by atoms with Gasteiger partial charge in [-0.2, -0.15) is 5.10 Å². The fraction of sp³-hybridized carbons (Fsp3) is 0.158. The highest BCUT2D eigenvalue weighted by atomic mass is 32.5. The maximum absolute atomic E-state index is 14.5. The summed E-state index contributed by atoms with van der Waals surface area (Å²) in [6, 6.07) is 7.15. The van der Waals surface area contributed by atoms with Crippen LogP contribution in [0, 0.1) is 6.92 Å². The average molecular weight is 448 g/mol. The monoisotopic (exact) mass is 448 g/mol. The Morgan fingerprint density at radius 3 is 2.27 bits per heavy atom. The van der Waals surface area contributed by atoms with Gasteiger partial charge < -0.3 is 5.32 Å². The third-order valence-corrected chi connectivity index (χ3v) is 5.42. The van der Waals surface area contributed by atoms with Crippen molar-refractivity contribution in [2.45, 2.75) is 18.4 Å². The van der Waals surface area contributed by atoms with Crippen LogP contribution in [0.5, 0.6) is 0 Å². The average Bonchev–Trinajstić information content (AvgIpc) is 3.01. The van der Waals surface area contributed by atoms with Crippen molar-refractivity contribution >= 4 is 27.9 Å². The Labute approximate surface area is 169 Å². The molecule has 0 radical (unpaired) electrons. The van der Waals surface area contributed by atoms with Crippen LogP contribution in [-0.4, -0.2) is 21.8 Å². The normalized spacial score (nSPS) is 14.9. The van der Waals surface area contributed by atoms with E-state index in [9.17, 15) is 23.8 Å². The number of anilines is 1. The van der Waals surface area contributed by atoms with E-state index in [2.05, 4.69) is 15.4 Å². The number of aryl methyl sites for hydroxylation is 1. The van der Waals surface area contributed by atoms with Crippen molar-refractivity contribution in [2.75, 3.05) is 12.4 Å². The van der Waals surface area contributed by atoms with Gasteiger partial charge in [0.2, 0.25) is 0 Å². The Hall–Kier alpha value is -2.95. The van der Waals surface area contributed by atoms with Crippen LogP contribution in [0.1, 0.15) is 22.5 Å². The van der Waals surface area contributed by atoms with E-state index >= 15 is 0 Å². The van der Waals surface area contributed by atoms with Gasteiger partial charge in [0.1, 0.15) is 16.4 Å². The molecule has 0 aliphatic heterocycles. The minimum absolute atomic E-state index is 0.00263. The zero-order chi connectivity index (χ0) is 22.2. The number of benzene rings is 1. The summed E-state index contributed by atoms with van der Waals surface area (Å²) in [4.78, 5) is 2.16. The third-order valence-electron chi connectivity index (χ3n) is 4.26. The zero-order valence-electron chi connectivity index (χ0n) is 15.9. The van der Waals surface area contributed by atoms with Crippen LogP contribution in [-0.2, 0) is 6.54 Å². The van der Waals surface area contributed by atoms with E-state index in [0.29, 0.717) is 18.1 Å². The van der Waals surface area contributed by atoms with E-state index in [4.69, 9.17) is 0 Å². The highest BCUT2D eigenvalue weighted by molar-refractivity contribution is 8.45. The molecule has 2 heterocycles. The van der Waals surface area contributed by atoms with Crippen LogP contribution in [0.3, 0.4) is 0 Å². The molecule has 0 spiro atoms. The molecule has 0 aliphatic carbocycles. The minimum atomic E-state index is -9.76. The molecule has 3 rings (SSSR count). The van der Waals surface area contributed by atoms with Gasteiger partial charge in [-0.1, -0.05) is 37.6 Å². The first kappa shape index (κ1) is 21.8. The van der Waals surface area contributed by atoms with Crippen molar-refractivity contribution in [1.82, 2.24) is 14.8 Å².